The fourth-order valence-corrected chi connectivity index (χ4v) is 1.88. The summed E-state index contributed by atoms with van der Waals surface area (Å²) in [6.07, 6.45) is 9.55. The molecule has 0 aromatic carbocycles. The number of rotatable bonds is 5. The van der Waals surface area contributed by atoms with Gasteiger partial charge in [-0.25, -0.2) is 4.98 Å². The fourth-order valence-electron chi connectivity index (χ4n) is 1.88. The van der Waals surface area contributed by atoms with Crippen molar-refractivity contribution in [2.24, 2.45) is 0 Å². The van der Waals surface area contributed by atoms with E-state index in [1.165, 1.54) is 5.57 Å². The average molecular weight is 285 g/mol. The molecular weight excluding hydrogens is 266 g/mol. The van der Waals surface area contributed by atoms with Crippen LogP contribution in [0.1, 0.15) is 30.9 Å². The summed E-state index contributed by atoms with van der Waals surface area (Å²) in [6, 6.07) is 1.57. The number of methoxy groups -OCH3 is 1. The molecular formula is C16H19N3O2. The van der Waals surface area contributed by atoms with Gasteiger partial charge in [0.15, 0.2) is 11.3 Å². The zero-order valence-corrected chi connectivity index (χ0v) is 12.4. The Bertz CT molecular complexity index is 706. The van der Waals surface area contributed by atoms with Crippen LogP contribution in [0.4, 0.5) is 0 Å². The van der Waals surface area contributed by atoms with Crippen LogP contribution in [-0.2, 0) is 6.42 Å². The highest BCUT2D eigenvalue weighted by molar-refractivity contribution is 5.65. The van der Waals surface area contributed by atoms with Crippen LogP contribution in [0, 0.1) is 0 Å². The molecule has 0 unspecified atom stereocenters. The molecule has 2 aromatic rings. The molecule has 0 aliphatic heterocycles. The predicted octanol–water partition coefficient (Wildman–Crippen LogP) is 2.79. The summed E-state index contributed by atoms with van der Waals surface area (Å²) in [5, 5.41) is 0. The van der Waals surface area contributed by atoms with Crippen molar-refractivity contribution in [3.63, 3.8) is 0 Å². The summed E-state index contributed by atoms with van der Waals surface area (Å²) >= 11 is 0. The number of allylic oxidation sites excluding steroid dienone is 2. The zero-order valence-electron chi connectivity index (χ0n) is 12.4. The molecule has 0 atom stereocenters. The van der Waals surface area contributed by atoms with Crippen LogP contribution >= 0.6 is 0 Å². The number of pyridine rings is 1. The normalized spacial score (nSPS) is 10.8. The Balaban J connectivity index is 2.32. The van der Waals surface area contributed by atoms with E-state index in [1.807, 2.05) is 19.9 Å². The second-order valence-electron chi connectivity index (χ2n) is 4.89. The van der Waals surface area contributed by atoms with Gasteiger partial charge in [0.2, 0.25) is 0 Å². The van der Waals surface area contributed by atoms with Gasteiger partial charge in [-0.05, 0) is 32.4 Å². The van der Waals surface area contributed by atoms with Crippen LogP contribution in [0.2, 0.25) is 0 Å². The molecule has 5 nitrogen and oxygen atoms in total. The van der Waals surface area contributed by atoms with Crippen LogP contribution in [0.5, 0.6) is 5.88 Å². The zero-order chi connectivity index (χ0) is 15.2. The number of nitrogens with one attached hydrogen (secondary N) is 2. The molecule has 2 N–H and O–H groups in total. The molecule has 0 radical (unpaired) electrons. The molecule has 5 heteroatoms. The van der Waals surface area contributed by atoms with Gasteiger partial charge in [-0.15, -0.1) is 0 Å². The van der Waals surface area contributed by atoms with Gasteiger partial charge in [0.05, 0.1) is 12.7 Å². The van der Waals surface area contributed by atoms with E-state index in [2.05, 4.69) is 15.0 Å². The van der Waals surface area contributed by atoms with Crippen molar-refractivity contribution < 1.29 is 4.74 Å². The summed E-state index contributed by atoms with van der Waals surface area (Å²) in [5.74, 6) is 1.22. The molecule has 0 amide bonds. The van der Waals surface area contributed by atoms with Crippen molar-refractivity contribution in [2.75, 3.05) is 7.11 Å². The molecule has 0 spiro atoms. The summed E-state index contributed by atoms with van der Waals surface area (Å²) < 4.78 is 5.29. The second kappa shape index (κ2) is 6.74. The molecule has 0 saturated carbocycles. The van der Waals surface area contributed by atoms with E-state index in [0.29, 0.717) is 23.6 Å². The quantitative estimate of drug-likeness (QED) is 0.830. The lowest BCUT2D eigenvalue weighted by Crippen LogP contribution is -2.12. The van der Waals surface area contributed by atoms with E-state index in [4.69, 9.17) is 4.74 Å². The largest absolute Gasteiger partial charge is 0.482 e. The van der Waals surface area contributed by atoms with Crippen LogP contribution in [0.25, 0.3) is 12.2 Å². The maximum absolute atomic E-state index is 12.2. The first kappa shape index (κ1) is 14.8. The first-order valence-corrected chi connectivity index (χ1v) is 6.71. The number of ether oxygens (including phenoxy) is 1. The minimum absolute atomic E-state index is 0.0396. The Hall–Kier alpha value is -2.56. The first-order valence-electron chi connectivity index (χ1n) is 6.71. The summed E-state index contributed by atoms with van der Waals surface area (Å²) in [4.78, 5) is 22.4. The third-order valence-corrected chi connectivity index (χ3v) is 2.97. The number of hydrogen-bond acceptors (Lipinski definition) is 3. The molecule has 2 heterocycles. The van der Waals surface area contributed by atoms with Crippen LogP contribution in [0.15, 0.2) is 34.9 Å². The smallest absolute Gasteiger partial charge is 0.198 e. The highest BCUT2D eigenvalue weighted by Crippen LogP contribution is 2.14. The van der Waals surface area contributed by atoms with E-state index in [1.54, 1.807) is 37.7 Å². The predicted molar refractivity (Wildman–Crippen MR) is 84.3 cm³/mol. The SMILES string of the molecule is COc1[nH]c(/C=C\c2ncc[nH]2)cc(=O)c1CC=C(C)C. The van der Waals surface area contributed by atoms with Crippen molar-refractivity contribution in [3.05, 3.63) is 57.4 Å². The molecule has 21 heavy (non-hydrogen) atoms. The molecule has 0 fully saturated rings. The minimum atomic E-state index is -0.0396. The standard InChI is InChI=1S/C16H19N3O2/c1-11(2)4-6-13-14(20)10-12(19-16(13)21-3)5-7-15-17-8-9-18-15/h4-5,7-10H,6H2,1-3H3,(H,17,18)(H,19,20)/b7-5-. The number of nitrogens with zero attached hydrogens (tertiary/aromatic N) is 1. The minimum Gasteiger partial charge on any atom is -0.482 e. The van der Waals surface area contributed by atoms with Crippen molar-refractivity contribution in [2.45, 2.75) is 20.3 Å². The lowest BCUT2D eigenvalue weighted by molar-refractivity contribution is 0.392. The highest BCUT2D eigenvalue weighted by Gasteiger charge is 2.08. The fraction of sp³-hybridized carbons (Fsp3) is 0.250. The van der Waals surface area contributed by atoms with E-state index in [-0.39, 0.29) is 5.43 Å². The van der Waals surface area contributed by atoms with Crippen LogP contribution < -0.4 is 10.2 Å². The third kappa shape index (κ3) is 3.95. The molecule has 0 aliphatic carbocycles. The topological polar surface area (TPSA) is 70.8 Å². The maximum atomic E-state index is 12.2. The molecule has 110 valence electrons. The molecule has 0 saturated heterocycles. The van der Waals surface area contributed by atoms with E-state index in [0.717, 1.165) is 5.82 Å². The molecule has 2 rings (SSSR count). The lowest BCUT2D eigenvalue weighted by atomic mass is 10.1. The van der Waals surface area contributed by atoms with E-state index < -0.39 is 0 Å². The number of aromatic nitrogens is 3. The number of hydrogen-bond donors (Lipinski definition) is 2. The molecule has 0 aliphatic rings. The van der Waals surface area contributed by atoms with Gasteiger partial charge in [-0.3, -0.25) is 4.79 Å². The van der Waals surface area contributed by atoms with E-state index in [9.17, 15) is 4.79 Å². The number of aromatic amines is 2. The van der Waals surface area contributed by atoms with Gasteiger partial charge in [0.25, 0.3) is 0 Å². The molecule has 0 bridgehead atoms. The van der Waals surface area contributed by atoms with Crippen LogP contribution in [0.3, 0.4) is 0 Å². The van der Waals surface area contributed by atoms with Crippen molar-refractivity contribution in [1.82, 2.24) is 15.0 Å². The van der Waals surface area contributed by atoms with Crippen molar-refractivity contribution >= 4 is 12.2 Å². The third-order valence-electron chi connectivity index (χ3n) is 2.97. The van der Waals surface area contributed by atoms with Gasteiger partial charge >= 0.3 is 0 Å². The van der Waals surface area contributed by atoms with Gasteiger partial charge < -0.3 is 14.7 Å². The maximum Gasteiger partial charge on any atom is 0.198 e. The Kier molecular flexibility index (Phi) is 4.77. The van der Waals surface area contributed by atoms with Gasteiger partial charge in [-0.2, -0.15) is 0 Å². The molecule has 2 aromatic heterocycles. The van der Waals surface area contributed by atoms with Crippen molar-refractivity contribution in [3.8, 4) is 5.88 Å². The van der Waals surface area contributed by atoms with Crippen molar-refractivity contribution in [1.29, 1.82) is 0 Å². The number of imidazole rings is 1. The Morgan fingerprint density at radius 2 is 2.19 bits per heavy atom. The lowest BCUT2D eigenvalue weighted by Gasteiger charge is -2.07. The van der Waals surface area contributed by atoms with E-state index >= 15 is 0 Å². The number of H-pyrrole nitrogens is 2. The second-order valence-corrected chi connectivity index (χ2v) is 4.89. The first-order chi connectivity index (χ1) is 10.1. The summed E-state index contributed by atoms with van der Waals surface area (Å²) in [5.41, 5.74) is 2.43. The summed E-state index contributed by atoms with van der Waals surface area (Å²) in [6.45, 7) is 4.00. The van der Waals surface area contributed by atoms with Crippen LogP contribution in [-0.4, -0.2) is 22.1 Å². The Labute approximate surface area is 123 Å². The monoisotopic (exact) mass is 285 g/mol. The van der Waals surface area contributed by atoms with Gasteiger partial charge in [-0.1, -0.05) is 11.6 Å². The Morgan fingerprint density at radius 3 is 2.81 bits per heavy atom. The highest BCUT2D eigenvalue weighted by atomic mass is 16.5. The van der Waals surface area contributed by atoms with Gasteiger partial charge in [0.1, 0.15) is 5.82 Å². The average Bonchev–Trinajstić information content (AvgIpc) is 2.96. The van der Waals surface area contributed by atoms with Gasteiger partial charge in [0, 0.05) is 24.2 Å². The Morgan fingerprint density at radius 1 is 1.38 bits per heavy atom. The summed E-state index contributed by atoms with van der Waals surface area (Å²) in [7, 11) is 1.55.